The number of rotatable bonds is 3. The molecule has 108 valence electrons. The van der Waals surface area contributed by atoms with Crippen molar-refractivity contribution < 1.29 is 18.0 Å². The lowest BCUT2D eigenvalue weighted by atomic mass is 10.1. The number of benzene rings is 1. The monoisotopic (exact) mass is 285 g/mol. The number of hydrogen-bond acceptors (Lipinski definition) is 2. The van der Waals surface area contributed by atoms with E-state index in [1.807, 2.05) is 6.07 Å². The molecule has 1 unspecified atom stereocenters. The van der Waals surface area contributed by atoms with Crippen LogP contribution in [0.4, 0.5) is 23.7 Å². The van der Waals surface area contributed by atoms with Gasteiger partial charge >= 0.3 is 12.2 Å². The van der Waals surface area contributed by atoms with Crippen LogP contribution in [-0.2, 0) is 6.18 Å². The van der Waals surface area contributed by atoms with Gasteiger partial charge in [0.05, 0.1) is 11.6 Å². The molecule has 0 radical (unpaired) electrons. The molecule has 0 spiro atoms. The first kappa shape index (κ1) is 15.8. The molecule has 0 aliphatic heterocycles. The predicted octanol–water partition coefficient (Wildman–Crippen LogP) is 3.38. The number of anilines is 1. The van der Waals surface area contributed by atoms with E-state index in [2.05, 4.69) is 10.6 Å². The average molecular weight is 285 g/mol. The molecular formula is C13H14F3N3O. The summed E-state index contributed by atoms with van der Waals surface area (Å²) in [5.74, 6) is -0.0710. The molecule has 7 heteroatoms. The van der Waals surface area contributed by atoms with Crippen molar-refractivity contribution in [3.8, 4) is 6.07 Å². The van der Waals surface area contributed by atoms with Crippen LogP contribution in [0.25, 0.3) is 0 Å². The summed E-state index contributed by atoms with van der Waals surface area (Å²) in [5, 5.41) is 13.6. The lowest BCUT2D eigenvalue weighted by molar-refractivity contribution is -0.137. The first-order chi connectivity index (χ1) is 9.24. The zero-order chi connectivity index (χ0) is 15.3. The second-order valence-electron chi connectivity index (χ2n) is 4.52. The lowest BCUT2D eigenvalue weighted by Crippen LogP contribution is -2.40. The zero-order valence-electron chi connectivity index (χ0n) is 11.0. The van der Waals surface area contributed by atoms with Gasteiger partial charge in [-0.05, 0) is 30.2 Å². The second-order valence-corrected chi connectivity index (χ2v) is 4.52. The fraction of sp³-hybridized carbons (Fsp3) is 0.385. The number of alkyl halides is 3. The number of nitriles is 1. The summed E-state index contributed by atoms with van der Waals surface area (Å²) in [6.45, 7) is 3.54. The second kappa shape index (κ2) is 6.28. The summed E-state index contributed by atoms with van der Waals surface area (Å²) in [7, 11) is 0. The Morgan fingerprint density at radius 2 is 1.80 bits per heavy atom. The molecule has 0 aliphatic carbocycles. The Labute approximate surface area is 114 Å². The van der Waals surface area contributed by atoms with Gasteiger partial charge in [-0.3, -0.25) is 0 Å². The van der Waals surface area contributed by atoms with Gasteiger partial charge in [-0.25, -0.2) is 4.79 Å². The van der Waals surface area contributed by atoms with Crippen molar-refractivity contribution in [1.82, 2.24) is 5.32 Å². The van der Waals surface area contributed by atoms with E-state index in [-0.39, 0.29) is 11.6 Å². The third kappa shape index (κ3) is 4.46. The summed E-state index contributed by atoms with van der Waals surface area (Å²) < 4.78 is 37.1. The molecule has 2 amide bonds. The van der Waals surface area contributed by atoms with Crippen molar-refractivity contribution in [3.05, 3.63) is 29.8 Å². The normalized spacial score (nSPS) is 12.7. The van der Waals surface area contributed by atoms with E-state index in [1.165, 1.54) is 0 Å². The van der Waals surface area contributed by atoms with Crippen LogP contribution in [0.3, 0.4) is 0 Å². The average Bonchev–Trinajstić information content (AvgIpc) is 2.35. The van der Waals surface area contributed by atoms with E-state index in [0.29, 0.717) is 0 Å². The molecule has 0 saturated carbocycles. The Morgan fingerprint density at radius 3 is 2.20 bits per heavy atom. The summed E-state index contributed by atoms with van der Waals surface area (Å²) >= 11 is 0. The quantitative estimate of drug-likeness (QED) is 0.894. The Kier molecular flexibility index (Phi) is 4.97. The first-order valence-corrected chi connectivity index (χ1v) is 5.88. The molecule has 0 aromatic heterocycles. The van der Waals surface area contributed by atoms with Crippen LogP contribution in [0.1, 0.15) is 19.4 Å². The maximum atomic E-state index is 12.4. The summed E-state index contributed by atoms with van der Waals surface area (Å²) in [6.07, 6.45) is -4.41. The Balaban J connectivity index is 2.66. The van der Waals surface area contributed by atoms with Gasteiger partial charge in [-0.15, -0.1) is 0 Å². The van der Waals surface area contributed by atoms with Crippen LogP contribution >= 0.6 is 0 Å². The highest BCUT2D eigenvalue weighted by molar-refractivity contribution is 5.89. The fourth-order valence-corrected chi connectivity index (χ4v) is 1.40. The molecule has 1 rings (SSSR count). The minimum absolute atomic E-state index is 0.0710. The van der Waals surface area contributed by atoms with Gasteiger partial charge < -0.3 is 10.6 Å². The van der Waals surface area contributed by atoms with E-state index in [4.69, 9.17) is 5.26 Å². The molecule has 0 heterocycles. The van der Waals surface area contributed by atoms with Crippen molar-refractivity contribution in [2.24, 2.45) is 5.92 Å². The Bertz CT molecular complexity index is 503. The number of nitrogens with one attached hydrogen (secondary N) is 2. The van der Waals surface area contributed by atoms with Crippen LogP contribution in [0.5, 0.6) is 0 Å². The Hall–Kier alpha value is -2.23. The maximum Gasteiger partial charge on any atom is 0.416 e. The SMILES string of the molecule is CC(C)C(C#N)NC(=O)Nc1ccc(C(F)(F)F)cc1. The van der Waals surface area contributed by atoms with Gasteiger partial charge in [0.1, 0.15) is 6.04 Å². The number of hydrogen-bond donors (Lipinski definition) is 2. The molecule has 2 N–H and O–H groups in total. The number of carbonyl (C=O) groups excluding carboxylic acids is 1. The third-order valence-electron chi connectivity index (χ3n) is 2.56. The fourth-order valence-electron chi connectivity index (χ4n) is 1.40. The minimum atomic E-state index is -4.41. The summed E-state index contributed by atoms with van der Waals surface area (Å²) in [6, 6.07) is 4.68. The lowest BCUT2D eigenvalue weighted by Gasteiger charge is -2.15. The van der Waals surface area contributed by atoms with Gasteiger partial charge in [0.15, 0.2) is 0 Å². The van der Waals surface area contributed by atoms with E-state index >= 15 is 0 Å². The van der Waals surface area contributed by atoms with Gasteiger partial charge in [0, 0.05) is 5.69 Å². The highest BCUT2D eigenvalue weighted by Gasteiger charge is 2.30. The van der Waals surface area contributed by atoms with Crippen LogP contribution in [0.2, 0.25) is 0 Å². The molecule has 0 bridgehead atoms. The Morgan fingerprint density at radius 1 is 1.25 bits per heavy atom. The molecule has 1 atom stereocenters. The highest BCUT2D eigenvalue weighted by Crippen LogP contribution is 2.29. The first-order valence-electron chi connectivity index (χ1n) is 5.88. The topological polar surface area (TPSA) is 64.9 Å². The molecule has 0 fully saturated rings. The standard InChI is InChI=1S/C13H14F3N3O/c1-8(2)11(7-17)19-12(20)18-10-5-3-9(4-6-10)13(14,15)16/h3-6,8,11H,1-2H3,(H2,18,19,20). The molecule has 4 nitrogen and oxygen atoms in total. The number of amides is 2. The van der Waals surface area contributed by atoms with Gasteiger partial charge in [-0.1, -0.05) is 13.8 Å². The zero-order valence-corrected chi connectivity index (χ0v) is 11.0. The van der Waals surface area contributed by atoms with E-state index in [1.54, 1.807) is 13.8 Å². The van der Waals surface area contributed by atoms with Crippen molar-refractivity contribution in [2.75, 3.05) is 5.32 Å². The summed E-state index contributed by atoms with van der Waals surface area (Å²) in [5.41, 5.74) is -0.573. The highest BCUT2D eigenvalue weighted by atomic mass is 19.4. The molecule has 1 aromatic carbocycles. The number of halogens is 3. The predicted molar refractivity (Wildman–Crippen MR) is 67.8 cm³/mol. The molecule has 0 aliphatic rings. The number of carbonyl (C=O) groups is 1. The van der Waals surface area contributed by atoms with E-state index in [0.717, 1.165) is 24.3 Å². The molecule has 1 aromatic rings. The molecule has 20 heavy (non-hydrogen) atoms. The van der Waals surface area contributed by atoms with Gasteiger partial charge in [0.2, 0.25) is 0 Å². The molecular weight excluding hydrogens is 271 g/mol. The van der Waals surface area contributed by atoms with Crippen LogP contribution in [0, 0.1) is 17.2 Å². The number of urea groups is 1. The maximum absolute atomic E-state index is 12.4. The van der Waals surface area contributed by atoms with Crippen molar-refractivity contribution in [3.63, 3.8) is 0 Å². The largest absolute Gasteiger partial charge is 0.416 e. The van der Waals surface area contributed by atoms with Crippen molar-refractivity contribution in [2.45, 2.75) is 26.1 Å². The summed E-state index contributed by atoms with van der Waals surface area (Å²) in [4.78, 5) is 11.6. The smallest absolute Gasteiger partial charge is 0.322 e. The van der Waals surface area contributed by atoms with E-state index in [9.17, 15) is 18.0 Å². The van der Waals surface area contributed by atoms with Crippen molar-refractivity contribution in [1.29, 1.82) is 5.26 Å². The van der Waals surface area contributed by atoms with E-state index < -0.39 is 23.8 Å². The van der Waals surface area contributed by atoms with Crippen LogP contribution < -0.4 is 10.6 Å². The minimum Gasteiger partial charge on any atom is -0.322 e. The van der Waals surface area contributed by atoms with Gasteiger partial charge in [0.25, 0.3) is 0 Å². The van der Waals surface area contributed by atoms with Crippen LogP contribution in [0.15, 0.2) is 24.3 Å². The van der Waals surface area contributed by atoms with Gasteiger partial charge in [-0.2, -0.15) is 18.4 Å². The van der Waals surface area contributed by atoms with Crippen LogP contribution in [-0.4, -0.2) is 12.1 Å². The number of nitrogens with zero attached hydrogens (tertiary/aromatic N) is 1. The molecule has 0 saturated heterocycles. The third-order valence-corrected chi connectivity index (χ3v) is 2.56. The van der Waals surface area contributed by atoms with Crippen molar-refractivity contribution >= 4 is 11.7 Å².